The fraction of sp³-hybridized carbons (Fsp3) is 1.00. The van der Waals surface area contributed by atoms with Crippen LogP contribution in [0.1, 0.15) is 27.7 Å². The molecule has 0 atom stereocenters. The zero-order valence-electron chi connectivity index (χ0n) is 8.31. The van der Waals surface area contributed by atoms with E-state index in [-0.39, 0.29) is 0 Å². The molecule has 0 radical (unpaired) electrons. The Morgan fingerprint density at radius 1 is 1.07 bits per heavy atom. The van der Waals surface area contributed by atoms with E-state index in [9.17, 15) is 13.3 Å². The minimum atomic E-state index is -3.92. The quantitative estimate of drug-likeness (QED) is 0.615. The smallest absolute Gasteiger partial charge is 0.284 e. The highest BCUT2D eigenvalue weighted by Gasteiger charge is 2.67. The van der Waals surface area contributed by atoms with Crippen LogP contribution in [0.3, 0.4) is 0 Å². The molecule has 0 N–H and O–H groups in total. The molecule has 1 heterocycles. The van der Waals surface area contributed by atoms with Gasteiger partial charge in [0.25, 0.3) is 0 Å². The SMILES string of the molecule is CC1(C)OP(=O)(Cl)OC(C)(C)C1(F)F. The molecule has 0 amide bonds. The molecule has 0 aromatic rings. The van der Waals surface area contributed by atoms with Gasteiger partial charge in [-0.2, -0.15) is 0 Å². The van der Waals surface area contributed by atoms with Crippen LogP contribution in [0.15, 0.2) is 0 Å². The molecule has 1 rings (SSSR count). The summed E-state index contributed by atoms with van der Waals surface area (Å²) in [4.78, 5) is 0. The number of halogens is 3. The Balaban J connectivity index is 3.20. The van der Waals surface area contributed by atoms with Crippen molar-refractivity contribution < 1.29 is 22.4 Å². The summed E-state index contributed by atoms with van der Waals surface area (Å²) in [5, 5.41) is 0. The molecule has 1 fully saturated rings. The maximum absolute atomic E-state index is 13.7. The van der Waals surface area contributed by atoms with Gasteiger partial charge in [0.1, 0.15) is 11.2 Å². The summed E-state index contributed by atoms with van der Waals surface area (Å²) < 4.78 is 47.8. The third-order valence-electron chi connectivity index (χ3n) is 2.19. The first-order chi connectivity index (χ1) is 5.91. The van der Waals surface area contributed by atoms with Crippen LogP contribution < -0.4 is 0 Å². The number of hydrogen-bond donors (Lipinski definition) is 0. The third-order valence-corrected chi connectivity index (χ3v) is 3.95. The van der Waals surface area contributed by atoms with E-state index in [1.807, 2.05) is 0 Å². The molecule has 0 bridgehead atoms. The van der Waals surface area contributed by atoms with E-state index in [1.165, 1.54) is 0 Å². The minimum absolute atomic E-state index is 1.13. The Kier molecular flexibility index (Phi) is 2.57. The van der Waals surface area contributed by atoms with Gasteiger partial charge in [-0.3, -0.25) is 9.05 Å². The molecule has 0 saturated carbocycles. The number of hydrogen-bond acceptors (Lipinski definition) is 3. The molecule has 0 spiro atoms. The summed E-state index contributed by atoms with van der Waals surface area (Å²) in [6.07, 6.45) is 0. The molecule has 3 nitrogen and oxygen atoms in total. The van der Waals surface area contributed by atoms with Crippen LogP contribution in [0.5, 0.6) is 0 Å². The molecule has 0 aromatic carbocycles. The Morgan fingerprint density at radius 2 is 1.36 bits per heavy atom. The Labute approximate surface area is 86.0 Å². The predicted octanol–water partition coefficient (Wildman–Crippen LogP) is 3.57. The first-order valence-corrected chi connectivity index (χ1v) is 6.45. The van der Waals surface area contributed by atoms with E-state index in [0.29, 0.717) is 0 Å². The van der Waals surface area contributed by atoms with Gasteiger partial charge >= 0.3 is 12.9 Å². The van der Waals surface area contributed by atoms with Gasteiger partial charge < -0.3 is 0 Å². The molecule has 7 heteroatoms. The fourth-order valence-electron chi connectivity index (χ4n) is 1.40. The van der Waals surface area contributed by atoms with E-state index < -0.39 is 24.1 Å². The van der Waals surface area contributed by atoms with Crippen LogP contribution in [-0.4, -0.2) is 17.1 Å². The van der Waals surface area contributed by atoms with Gasteiger partial charge in [0.2, 0.25) is 0 Å². The lowest BCUT2D eigenvalue weighted by Crippen LogP contribution is -2.61. The predicted molar refractivity (Wildman–Crippen MR) is 48.7 cm³/mol. The van der Waals surface area contributed by atoms with Gasteiger partial charge in [-0.15, -0.1) is 0 Å². The monoisotopic (exact) mass is 248 g/mol. The second-order valence-corrected chi connectivity index (χ2v) is 6.68. The highest BCUT2D eigenvalue weighted by molar-refractivity contribution is 7.81. The standard InChI is InChI=1S/C7H12ClF2O3P/c1-5(2)7(9,10)6(3,4)13-14(8,11)12-5/h1-4H3. The van der Waals surface area contributed by atoms with Gasteiger partial charge in [0.05, 0.1) is 0 Å². The van der Waals surface area contributed by atoms with Crippen molar-refractivity contribution in [1.29, 1.82) is 0 Å². The van der Waals surface area contributed by atoms with Gasteiger partial charge in [0, 0.05) is 11.2 Å². The Bertz CT molecular complexity index is 279. The fourth-order valence-corrected chi connectivity index (χ4v) is 3.80. The van der Waals surface area contributed by atoms with Crippen molar-refractivity contribution in [2.24, 2.45) is 0 Å². The molecule has 0 aliphatic carbocycles. The normalized spacial score (nSPS) is 32.5. The molecular formula is C7H12ClF2O3P. The van der Waals surface area contributed by atoms with Gasteiger partial charge in [-0.1, -0.05) is 0 Å². The second-order valence-electron chi connectivity index (χ2n) is 4.21. The minimum Gasteiger partial charge on any atom is -0.284 e. The lowest BCUT2D eigenvalue weighted by Gasteiger charge is -2.48. The number of rotatable bonds is 0. The third kappa shape index (κ3) is 1.71. The van der Waals surface area contributed by atoms with E-state index >= 15 is 0 Å². The van der Waals surface area contributed by atoms with Gasteiger partial charge in [0.15, 0.2) is 0 Å². The summed E-state index contributed by atoms with van der Waals surface area (Å²) in [5.74, 6) is -3.28. The van der Waals surface area contributed by atoms with Crippen molar-refractivity contribution in [1.82, 2.24) is 0 Å². The average Bonchev–Trinajstić information content (AvgIpc) is 1.77. The van der Waals surface area contributed by atoms with Crippen molar-refractivity contribution in [3.63, 3.8) is 0 Å². The largest absolute Gasteiger partial charge is 0.425 e. The van der Waals surface area contributed by atoms with Gasteiger partial charge in [-0.25, -0.2) is 13.3 Å². The highest BCUT2D eigenvalue weighted by atomic mass is 35.7. The summed E-state index contributed by atoms with van der Waals surface area (Å²) in [6.45, 7) is 0.608. The Hall–Kier alpha value is 0.300. The lowest BCUT2D eigenvalue weighted by atomic mass is 9.87. The average molecular weight is 249 g/mol. The maximum Gasteiger partial charge on any atom is 0.425 e. The summed E-state index contributed by atoms with van der Waals surface area (Å²) in [5.41, 5.74) is -3.82. The van der Waals surface area contributed by atoms with E-state index in [4.69, 9.17) is 11.2 Å². The Morgan fingerprint density at radius 3 is 1.64 bits per heavy atom. The first-order valence-electron chi connectivity index (χ1n) is 4.00. The topological polar surface area (TPSA) is 35.5 Å². The van der Waals surface area contributed by atoms with Crippen LogP contribution in [0.2, 0.25) is 0 Å². The van der Waals surface area contributed by atoms with Crippen molar-refractivity contribution >= 4 is 18.2 Å². The van der Waals surface area contributed by atoms with E-state index in [2.05, 4.69) is 9.05 Å². The van der Waals surface area contributed by atoms with E-state index in [1.54, 1.807) is 0 Å². The van der Waals surface area contributed by atoms with Gasteiger partial charge in [-0.05, 0) is 27.7 Å². The second kappa shape index (κ2) is 2.91. The molecule has 0 unspecified atom stereocenters. The molecule has 1 aliphatic heterocycles. The van der Waals surface area contributed by atoms with Crippen molar-refractivity contribution in [3.05, 3.63) is 0 Å². The molecule has 84 valence electrons. The van der Waals surface area contributed by atoms with Crippen LogP contribution in [-0.2, 0) is 13.6 Å². The first kappa shape index (κ1) is 12.4. The van der Waals surface area contributed by atoms with Crippen molar-refractivity contribution in [2.75, 3.05) is 0 Å². The van der Waals surface area contributed by atoms with Crippen LogP contribution >= 0.6 is 18.2 Å². The van der Waals surface area contributed by atoms with Crippen molar-refractivity contribution in [3.8, 4) is 0 Å². The highest BCUT2D eigenvalue weighted by Crippen LogP contribution is 2.67. The van der Waals surface area contributed by atoms with E-state index in [0.717, 1.165) is 27.7 Å². The molecule has 14 heavy (non-hydrogen) atoms. The van der Waals surface area contributed by atoms with Crippen LogP contribution in [0.4, 0.5) is 8.78 Å². The summed E-state index contributed by atoms with van der Waals surface area (Å²) >= 11 is 5.35. The maximum atomic E-state index is 13.7. The number of alkyl halides is 2. The van der Waals surface area contributed by atoms with Crippen LogP contribution in [0.25, 0.3) is 0 Å². The van der Waals surface area contributed by atoms with Crippen LogP contribution in [0, 0.1) is 0 Å². The zero-order chi connectivity index (χ0) is 11.4. The summed E-state index contributed by atoms with van der Waals surface area (Å²) in [7, 11) is 0. The van der Waals surface area contributed by atoms with Crippen molar-refractivity contribution in [2.45, 2.75) is 44.8 Å². The molecule has 1 aliphatic rings. The molecule has 1 saturated heterocycles. The zero-order valence-corrected chi connectivity index (χ0v) is 9.96. The lowest BCUT2D eigenvalue weighted by molar-refractivity contribution is -0.260. The molecule has 0 aromatic heterocycles. The summed E-state index contributed by atoms with van der Waals surface area (Å²) in [6, 6.07) is 0. The molecular weight excluding hydrogens is 236 g/mol.